The molecule has 1 aromatic heterocycles. The Hall–Kier alpha value is -0.880. The molecule has 96 valence electrons. The van der Waals surface area contributed by atoms with E-state index in [-0.39, 0.29) is 11.1 Å². The van der Waals surface area contributed by atoms with E-state index in [4.69, 9.17) is 0 Å². The minimum atomic E-state index is -3.39. The number of aromatic nitrogens is 2. The molecule has 0 aliphatic carbocycles. The molecular weight excluding hydrogens is 238 g/mol. The van der Waals surface area contributed by atoms with Crippen LogP contribution in [0.4, 0.5) is 0 Å². The van der Waals surface area contributed by atoms with E-state index < -0.39 is 10.0 Å². The standard InChI is InChI=1S/C11H19N3O2S/c1-2-10-6-4-3-5-7-14(10)17(15,16)11-8-12-9-13-11/h8-10H,2-7H2,1H3,(H,12,13). The van der Waals surface area contributed by atoms with Gasteiger partial charge in [-0.3, -0.25) is 0 Å². The third-order valence-corrected chi connectivity index (χ3v) is 5.23. The van der Waals surface area contributed by atoms with E-state index >= 15 is 0 Å². The van der Waals surface area contributed by atoms with Gasteiger partial charge in [0.1, 0.15) is 0 Å². The largest absolute Gasteiger partial charge is 0.335 e. The highest BCUT2D eigenvalue weighted by molar-refractivity contribution is 7.89. The van der Waals surface area contributed by atoms with E-state index in [9.17, 15) is 8.42 Å². The highest BCUT2D eigenvalue weighted by Crippen LogP contribution is 2.25. The summed E-state index contributed by atoms with van der Waals surface area (Å²) in [5, 5.41) is 0.206. The predicted octanol–water partition coefficient (Wildman–Crippen LogP) is 1.75. The lowest BCUT2D eigenvalue weighted by Crippen LogP contribution is -2.39. The first-order valence-electron chi connectivity index (χ1n) is 6.16. The number of rotatable bonds is 3. The first-order chi connectivity index (χ1) is 8.16. The highest BCUT2D eigenvalue weighted by Gasteiger charge is 2.32. The normalized spacial score (nSPS) is 23.5. The Labute approximate surface area is 102 Å². The van der Waals surface area contributed by atoms with Crippen molar-refractivity contribution < 1.29 is 8.42 Å². The van der Waals surface area contributed by atoms with Gasteiger partial charge < -0.3 is 4.98 Å². The number of nitrogens with zero attached hydrogens (tertiary/aromatic N) is 2. The summed E-state index contributed by atoms with van der Waals surface area (Å²) in [4.78, 5) is 6.50. The van der Waals surface area contributed by atoms with Crippen LogP contribution in [0.3, 0.4) is 0 Å². The van der Waals surface area contributed by atoms with Crippen LogP contribution in [0.25, 0.3) is 0 Å². The van der Waals surface area contributed by atoms with Crippen LogP contribution in [-0.2, 0) is 10.0 Å². The summed E-state index contributed by atoms with van der Waals surface area (Å²) >= 11 is 0. The number of aromatic amines is 1. The molecule has 0 amide bonds. The van der Waals surface area contributed by atoms with Crippen molar-refractivity contribution in [1.29, 1.82) is 0 Å². The Morgan fingerprint density at radius 3 is 2.94 bits per heavy atom. The van der Waals surface area contributed by atoms with E-state index in [0.717, 1.165) is 32.1 Å². The molecule has 2 rings (SSSR count). The zero-order chi connectivity index (χ0) is 12.3. The van der Waals surface area contributed by atoms with Crippen molar-refractivity contribution in [2.24, 2.45) is 0 Å². The van der Waals surface area contributed by atoms with Crippen molar-refractivity contribution in [2.75, 3.05) is 6.54 Å². The summed E-state index contributed by atoms with van der Waals surface area (Å²) < 4.78 is 26.5. The average Bonchev–Trinajstić information content (AvgIpc) is 2.74. The van der Waals surface area contributed by atoms with Crippen molar-refractivity contribution in [3.8, 4) is 0 Å². The molecule has 1 atom stereocenters. The molecule has 1 aliphatic rings. The lowest BCUT2D eigenvalue weighted by molar-refractivity contribution is 0.314. The fraction of sp³-hybridized carbons (Fsp3) is 0.727. The summed E-state index contributed by atoms with van der Waals surface area (Å²) in [6.07, 6.45) is 7.80. The van der Waals surface area contributed by atoms with Gasteiger partial charge in [-0.05, 0) is 19.3 Å². The molecule has 1 fully saturated rings. The lowest BCUT2D eigenvalue weighted by Gasteiger charge is -2.27. The topological polar surface area (TPSA) is 66.1 Å². The van der Waals surface area contributed by atoms with Gasteiger partial charge in [-0.1, -0.05) is 19.8 Å². The molecule has 0 radical (unpaired) electrons. The molecular formula is C11H19N3O2S. The molecule has 1 saturated heterocycles. The van der Waals surface area contributed by atoms with E-state index in [1.165, 1.54) is 12.5 Å². The van der Waals surface area contributed by atoms with Crippen LogP contribution in [0.5, 0.6) is 0 Å². The van der Waals surface area contributed by atoms with Crippen LogP contribution in [0, 0.1) is 0 Å². The van der Waals surface area contributed by atoms with Gasteiger partial charge in [0.25, 0.3) is 10.0 Å². The number of hydrogen-bond donors (Lipinski definition) is 1. The molecule has 6 heteroatoms. The first-order valence-corrected chi connectivity index (χ1v) is 7.60. The maximum absolute atomic E-state index is 12.4. The van der Waals surface area contributed by atoms with Gasteiger partial charge in [0.15, 0.2) is 5.03 Å². The maximum Gasteiger partial charge on any atom is 0.260 e. The highest BCUT2D eigenvalue weighted by atomic mass is 32.2. The van der Waals surface area contributed by atoms with Crippen molar-refractivity contribution in [1.82, 2.24) is 14.3 Å². The number of nitrogens with one attached hydrogen (secondary N) is 1. The van der Waals surface area contributed by atoms with Crippen LogP contribution >= 0.6 is 0 Å². The zero-order valence-corrected chi connectivity index (χ0v) is 10.9. The van der Waals surface area contributed by atoms with Gasteiger partial charge in [-0.15, -0.1) is 0 Å². The molecule has 0 aromatic carbocycles. The third kappa shape index (κ3) is 2.52. The first kappa shape index (κ1) is 12.6. The Balaban J connectivity index is 2.29. The summed E-state index contributed by atoms with van der Waals surface area (Å²) in [6.45, 7) is 2.67. The smallest absolute Gasteiger partial charge is 0.260 e. The van der Waals surface area contributed by atoms with Crippen LogP contribution in [0.2, 0.25) is 0 Å². The van der Waals surface area contributed by atoms with Crippen LogP contribution in [0.1, 0.15) is 39.0 Å². The predicted molar refractivity (Wildman–Crippen MR) is 65.0 cm³/mol. The van der Waals surface area contributed by atoms with Crippen molar-refractivity contribution >= 4 is 10.0 Å². The molecule has 0 bridgehead atoms. The fourth-order valence-corrected chi connectivity index (χ4v) is 4.05. The van der Waals surface area contributed by atoms with Gasteiger partial charge in [-0.2, -0.15) is 4.31 Å². The van der Waals surface area contributed by atoms with Crippen LogP contribution < -0.4 is 0 Å². The van der Waals surface area contributed by atoms with E-state index in [1.54, 1.807) is 4.31 Å². The minimum Gasteiger partial charge on any atom is -0.335 e. The lowest BCUT2D eigenvalue weighted by atomic mass is 10.1. The van der Waals surface area contributed by atoms with Gasteiger partial charge >= 0.3 is 0 Å². The van der Waals surface area contributed by atoms with E-state index in [1.807, 2.05) is 6.92 Å². The summed E-state index contributed by atoms with van der Waals surface area (Å²) in [6, 6.07) is 0.130. The van der Waals surface area contributed by atoms with E-state index in [0.29, 0.717) is 6.54 Å². The summed E-state index contributed by atoms with van der Waals surface area (Å²) in [7, 11) is -3.39. The molecule has 1 aromatic rings. The van der Waals surface area contributed by atoms with Gasteiger partial charge in [0.05, 0.1) is 12.5 Å². The van der Waals surface area contributed by atoms with Gasteiger partial charge in [0.2, 0.25) is 0 Å². The van der Waals surface area contributed by atoms with E-state index in [2.05, 4.69) is 9.97 Å². The molecule has 17 heavy (non-hydrogen) atoms. The number of hydrogen-bond acceptors (Lipinski definition) is 3. The molecule has 0 spiro atoms. The Morgan fingerprint density at radius 2 is 2.29 bits per heavy atom. The van der Waals surface area contributed by atoms with Crippen LogP contribution in [0.15, 0.2) is 17.6 Å². The molecule has 1 aliphatic heterocycles. The average molecular weight is 257 g/mol. The SMILES string of the molecule is CCC1CCCCCN1S(=O)(=O)c1cnc[nH]1. The number of sulfonamides is 1. The van der Waals surface area contributed by atoms with Gasteiger partial charge in [0, 0.05) is 12.6 Å². The van der Waals surface area contributed by atoms with Crippen molar-refractivity contribution in [3.63, 3.8) is 0 Å². The summed E-state index contributed by atoms with van der Waals surface area (Å²) in [5.74, 6) is 0. The quantitative estimate of drug-likeness (QED) is 0.897. The fourth-order valence-electron chi connectivity index (χ4n) is 2.39. The zero-order valence-electron chi connectivity index (χ0n) is 10.1. The molecule has 5 nitrogen and oxygen atoms in total. The minimum absolute atomic E-state index is 0.130. The Kier molecular flexibility index (Phi) is 3.83. The third-order valence-electron chi connectivity index (χ3n) is 3.35. The maximum atomic E-state index is 12.4. The second kappa shape index (κ2) is 5.18. The van der Waals surface area contributed by atoms with Crippen molar-refractivity contribution in [2.45, 2.75) is 50.1 Å². The number of H-pyrrole nitrogens is 1. The Bertz CT molecular complexity index is 441. The second-order valence-electron chi connectivity index (χ2n) is 4.44. The molecule has 0 saturated carbocycles. The van der Waals surface area contributed by atoms with Crippen LogP contribution in [-0.4, -0.2) is 35.3 Å². The molecule has 2 heterocycles. The summed E-state index contributed by atoms with van der Waals surface area (Å²) in [5.41, 5.74) is 0. The van der Waals surface area contributed by atoms with Crippen molar-refractivity contribution in [3.05, 3.63) is 12.5 Å². The molecule has 1 N–H and O–H groups in total. The second-order valence-corrected chi connectivity index (χ2v) is 6.30. The van der Waals surface area contributed by atoms with Gasteiger partial charge in [-0.25, -0.2) is 13.4 Å². The monoisotopic (exact) mass is 257 g/mol. The number of imidazole rings is 1. The molecule has 1 unspecified atom stereocenters. The Morgan fingerprint density at radius 1 is 1.47 bits per heavy atom.